The molecule has 0 amide bonds. The molecule has 0 fully saturated rings. The Bertz CT molecular complexity index is 605. The fourth-order valence-corrected chi connectivity index (χ4v) is 2.31. The second-order valence-electron chi connectivity index (χ2n) is 4.06. The van der Waals surface area contributed by atoms with Crippen LogP contribution in [0.1, 0.15) is 5.56 Å². The van der Waals surface area contributed by atoms with E-state index < -0.39 is 0 Å². The lowest BCUT2D eigenvalue weighted by Gasteiger charge is -2.12. The van der Waals surface area contributed by atoms with Crippen LogP contribution in [-0.4, -0.2) is 19.1 Å². The van der Waals surface area contributed by atoms with Crippen LogP contribution in [0.4, 0.5) is 11.6 Å². The predicted octanol–water partition coefficient (Wildman–Crippen LogP) is 4.05. The van der Waals surface area contributed by atoms with E-state index in [1.807, 2.05) is 24.3 Å². The highest BCUT2D eigenvalue weighted by Gasteiger charge is 2.09. The largest absolute Gasteiger partial charge is 0.496 e. The first-order chi connectivity index (χ1) is 9.65. The van der Waals surface area contributed by atoms with Gasteiger partial charge in [0.1, 0.15) is 17.4 Å². The Morgan fingerprint density at radius 3 is 2.55 bits per heavy atom. The van der Waals surface area contributed by atoms with Crippen LogP contribution in [0.25, 0.3) is 0 Å². The lowest BCUT2D eigenvalue weighted by Crippen LogP contribution is -2.05. The molecule has 2 aromatic rings. The van der Waals surface area contributed by atoms with Gasteiger partial charge >= 0.3 is 0 Å². The Morgan fingerprint density at radius 1 is 1.15 bits per heavy atom. The van der Waals surface area contributed by atoms with Crippen molar-refractivity contribution in [2.24, 2.45) is 0 Å². The minimum absolute atomic E-state index is 0.476. The average Bonchev–Trinajstić information content (AvgIpc) is 2.46. The van der Waals surface area contributed by atoms with Crippen molar-refractivity contribution in [3.05, 3.63) is 45.9 Å². The molecule has 0 aliphatic rings. The number of anilines is 2. The van der Waals surface area contributed by atoms with E-state index in [1.165, 1.54) is 0 Å². The van der Waals surface area contributed by atoms with Gasteiger partial charge in [0.2, 0.25) is 0 Å². The van der Waals surface area contributed by atoms with Gasteiger partial charge in [0.15, 0.2) is 0 Å². The van der Waals surface area contributed by atoms with Gasteiger partial charge in [-0.15, -0.1) is 0 Å². The normalized spacial score (nSPS) is 10.2. The van der Waals surface area contributed by atoms with Crippen LogP contribution in [0, 0.1) is 0 Å². The van der Waals surface area contributed by atoms with Crippen molar-refractivity contribution in [1.29, 1.82) is 0 Å². The molecule has 0 radical (unpaired) electrons. The summed E-state index contributed by atoms with van der Waals surface area (Å²) in [5.41, 5.74) is 1.02. The van der Waals surface area contributed by atoms with Crippen LogP contribution >= 0.6 is 23.2 Å². The van der Waals surface area contributed by atoms with E-state index in [0.717, 1.165) is 11.3 Å². The molecule has 20 heavy (non-hydrogen) atoms. The van der Waals surface area contributed by atoms with Crippen LogP contribution in [-0.2, 0) is 6.54 Å². The maximum Gasteiger partial charge on any atom is 0.147 e. The Morgan fingerprint density at radius 2 is 1.85 bits per heavy atom. The molecule has 2 N–H and O–H groups in total. The minimum atomic E-state index is 0.476. The maximum atomic E-state index is 6.13. The number of hydrogen-bond donors (Lipinski definition) is 2. The summed E-state index contributed by atoms with van der Waals surface area (Å²) in [6.45, 7) is 0.557. The molecule has 6 heteroatoms. The first-order valence-electron chi connectivity index (χ1n) is 6.05. The molecular weight excluding hydrogens is 297 g/mol. The Balaban J connectivity index is 2.18. The number of aromatic nitrogens is 1. The Kier molecular flexibility index (Phi) is 4.93. The fraction of sp³-hybridized carbons (Fsp3) is 0.214. The summed E-state index contributed by atoms with van der Waals surface area (Å²) in [7, 11) is 3.40. The summed E-state index contributed by atoms with van der Waals surface area (Å²) in [5.74, 6) is 1.98. The lowest BCUT2D eigenvalue weighted by atomic mass is 10.2. The number of nitrogens with one attached hydrogen (secondary N) is 2. The first kappa shape index (κ1) is 14.8. The number of benzene rings is 1. The highest BCUT2D eigenvalue weighted by molar-refractivity contribution is 6.37. The van der Waals surface area contributed by atoms with Crippen LogP contribution in [0.5, 0.6) is 5.75 Å². The third kappa shape index (κ3) is 3.26. The van der Waals surface area contributed by atoms with Gasteiger partial charge < -0.3 is 15.4 Å². The van der Waals surface area contributed by atoms with Crippen LogP contribution in [0.2, 0.25) is 10.0 Å². The molecular formula is C14H15Cl2N3O. The molecule has 2 rings (SSSR count). The van der Waals surface area contributed by atoms with E-state index in [9.17, 15) is 0 Å². The molecule has 1 aromatic carbocycles. The number of nitrogens with zero attached hydrogens (tertiary/aromatic N) is 1. The monoisotopic (exact) mass is 311 g/mol. The zero-order valence-corrected chi connectivity index (χ0v) is 12.7. The standard InChI is InChI=1S/C14H15Cl2N3O/c1-17-13-10(15)7-11(16)14(19-13)18-8-9-5-3-4-6-12(9)20-2/h3-7H,8H2,1-2H3,(H2,17,18,19). The SMILES string of the molecule is CNc1nc(NCc2ccccc2OC)c(Cl)cc1Cl. The molecule has 0 unspecified atom stereocenters. The van der Waals surface area contributed by atoms with Gasteiger partial charge in [0, 0.05) is 19.2 Å². The zero-order chi connectivity index (χ0) is 14.5. The van der Waals surface area contributed by atoms with Gasteiger partial charge in [0.05, 0.1) is 17.2 Å². The van der Waals surface area contributed by atoms with Crippen molar-refractivity contribution in [2.45, 2.75) is 6.54 Å². The molecule has 1 aromatic heterocycles. The molecule has 0 bridgehead atoms. The van der Waals surface area contributed by atoms with Crippen molar-refractivity contribution in [3.63, 3.8) is 0 Å². The Labute approximate surface area is 128 Å². The van der Waals surface area contributed by atoms with E-state index in [2.05, 4.69) is 15.6 Å². The summed E-state index contributed by atoms with van der Waals surface area (Å²) in [5, 5.41) is 7.06. The molecule has 4 nitrogen and oxygen atoms in total. The molecule has 106 valence electrons. The second-order valence-corrected chi connectivity index (χ2v) is 4.88. The number of hydrogen-bond acceptors (Lipinski definition) is 4. The van der Waals surface area contributed by atoms with Crippen molar-refractivity contribution < 1.29 is 4.74 Å². The number of pyridine rings is 1. The molecule has 0 spiro atoms. The number of ether oxygens (including phenoxy) is 1. The van der Waals surface area contributed by atoms with Gasteiger partial charge in [0.25, 0.3) is 0 Å². The number of rotatable bonds is 5. The summed E-state index contributed by atoms with van der Waals surface area (Å²) in [6, 6.07) is 9.43. The molecule has 0 aliphatic heterocycles. The molecule has 0 saturated heterocycles. The lowest BCUT2D eigenvalue weighted by molar-refractivity contribution is 0.410. The minimum Gasteiger partial charge on any atom is -0.496 e. The van der Waals surface area contributed by atoms with E-state index in [-0.39, 0.29) is 0 Å². The van der Waals surface area contributed by atoms with Crippen molar-refractivity contribution in [3.8, 4) is 5.75 Å². The summed E-state index contributed by atoms with van der Waals surface area (Å²) in [6.07, 6.45) is 0. The van der Waals surface area contributed by atoms with Gasteiger partial charge in [-0.1, -0.05) is 41.4 Å². The molecule has 0 aliphatic carbocycles. The van der Waals surface area contributed by atoms with Gasteiger partial charge in [-0.3, -0.25) is 0 Å². The summed E-state index contributed by atoms with van der Waals surface area (Å²) < 4.78 is 5.30. The van der Waals surface area contributed by atoms with Crippen LogP contribution in [0.3, 0.4) is 0 Å². The smallest absolute Gasteiger partial charge is 0.147 e. The fourth-order valence-electron chi connectivity index (χ4n) is 1.79. The molecule has 0 saturated carbocycles. The molecule has 1 heterocycles. The van der Waals surface area contributed by atoms with Crippen LogP contribution in [0.15, 0.2) is 30.3 Å². The van der Waals surface area contributed by atoms with E-state index >= 15 is 0 Å². The highest BCUT2D eigenvalue weighted by Crippen LogP contribution is 2.29. The van der Waals surface area contributed by atoms with Crippen LogP contribution < -0.4 is 15.4 Å². The second kappa shape index (κ2) is 6.68. The first-order valence-corrected chi connectivity index (χ1v) is 6.81. The Hall–Kier alpha value is -1.65. The predicted molar refractivity (Wildman–Crippen MR) is 84.1 cm³/mol. The maximum absolute atomic E-state index is 6.13. The molecule has 0 atom stereocenters. The van der Waals surface area contributed by atoms with E-state index in [1.54, 1.807) is 20.2 Å². The number of para-hydroxylation sites is 1. The highest BCUT2D eigenvalue weighted by atomic mass is 35.5. The summed E-state index contributed by atoms with van der Waals surface area (Å²) >= 11 is 12.1. The average molecular weight is 312 g/mol. The van der Waals surface area contributed by atoms with Gasteiger partial charge in [-0.2, -0.15) is 0 Å². The van der Waals surface area contributed by atoms with Crippen molar-refractivity contribution in [2.75, 3.05) is 24.8 Å². The van der Waals surface area contributed by atoms with E-state index in [4.69, 9.17) is 27.9 Å². The number of methoxy groups -OCH3 is 1. The number of halogens is 2. The van der Waals surface area contributed by atoms with Crippen molar-refractivity contribution in [1.82, 2.24) is 4.98 Å². The quantitative estimate of drug-likeness (QED) is 0.874. The summed E-state index contributed by atoms with van der Waals surface area (Å²) in [4.78, 5) is 4.33. The van der Waals surface area contributed by atoms with Gasteiger partial charge in [-0.05, 0) is 12.1 Å². The van der Waals surface area contributed by atoms with Gasteiger partial charge in [-0.25, -0.2) is 4.98 Å². The topological polar surface area (TPSA) is 46.2 Å². The zero-order valence-electron chi connectivity index (χ0n) is 11.2. The van der Waals surface area contributed by atoms with Crippen molar-refractivity contribution >= 4 is 34.8 Å². The van der Waals surface area contributed by atoms with E-state index in [0.29, 0.717) is 28.2 Å². The third-order valence-corrected chi connectivity index (χ3v) is 3.38. The third-order valence-electron chi connectivity index (χ3n) is 2.81.